The van der Waals surface area contributed by atoms with Crippen molar-refractivity contribution in [1.29, 1.82) is 5.26 Å². The molecule has 2 aliphatic heterocycles. The van der Waals surface area contributed by atoms with E-state index >= 15 is 0 Å². The van der Waals surface area contributed by atoms with Gasteiger partial charge < -0.3 is 20.0 Å². The summed E-state index contributed by atoms with van der Waals surface area (Å²) < 4.78 is 1.78. The number of nitriles is 1. The van der Waals surface area contributed by atoms with E-state index in [9.17, 15) is 9.59 Å². The predicted molar refractivity (Wildman–Crippen MR) is 166 cm³/mol. The van der Waals surface area contributed by atoms with E-state index in [0.717, 1.165) is 74.9 Å². The summed E-state index contributed by atoms with van der Waals surface area (Å²) in [4.78, 5) is 37.1. The summed E-state index contributed by atoms with van der Waals surface area (Å²) in [7, 11) is 4.03. The molecule has 6 rings (SSSR count). The maximum atomic E-state index is 13.1. The monoisotopic (exact) mass is 580 g/mol. The zero-order chi connectivity index (χ0) is 29.9. The molecule has 0 atom stereocenters. The second kappa shape index (κ2) is 12.6. The molecule has 10 nitrogen and oxygen atoms in total. The third-order valence-electron chi connectivity index (χ3n) is 9.43. The van der Waals surface area contributed by atoms with Crippen molar-refractivity contribution in [2.45, 2.75) is 51.0 Å². The fraction of sp³-hybridized carbons (Fsp3) is 0.485. The Bertz CT molecular complexity index is 1540. The summed E-state index contributed by atoms with van der Waals surface area (Å²) in [5, 5.41) is 17.1. The second-order valence-electron chi connectivity index (χ2n) is 12.2. The number of benzene rings is 1. The first-order chi connectivity index (χ1) is 20.9. The Balaban J connectivity index is 1.10. The van der Waals surface area contributed by atoms with Gasteiger partial charge in [-0.2, -0.15) is 10.2 Å². The average Bonchev–Trinajstić information content (AvgIpc) is 3.47. The molecule has 1 aromatic carbocycles. The van der Waals surface area contributed by atoms with Crippen LogP contribution in [0.15, 0.2) is 48.7 Å². The van der Waals surface area contributed by atoms with Gasteiger partial charge in [0.15, 0.2) is 5.65 Å². The SMILES string of the molecule is CN1CCC(N(C)C(=O)c2ccc(Nc3nc4c(C5=CCN(C(=O)[C@H]6CC[C@H](C#N)CC6)CC5)cccn4n3)cc2)CC1. The lowest BCUT2D eigenvalue weighted by Crippen LogP contribution is -2.44. The largest absolute Gasteiger partial charge is 0.339 e. The summed E-state index contributed by atoms with van der Waals surface area (Å²) in [5.74, 6) is 0.893. The van der Waals surface area contributed by atoms with Crippen LogP contribution in [0.1, 0.15) is 60.9 Å². The number of amides is 2. The minimum absolute atomic E-state index is 0.0420. The van der Waals surface area contributed by atoms with Crippen LogP contribution in [0.4, 0.5) is 11.6 Å². The Hall–Kier alpha value is -4.23. The molecule has 10 heteroatoms. The standard InChI is InChI=1S/C33H40N8O2/c1-38-18-15-28(16-19-38)39(2)31(42)25-9-11-27(12-10-25)35-33-36-30-29(4-3-17-41(30)37-33)24-13-20-40(21-14-24)32(43)26-7-5-23(22-34)6-8-26/h3-4,9-13,17,23,26,28H,5-8,14-16,18-21H2,1-2H3,(H,35,37)/t23-,26-. The van der Waals surface area contributed by atoms with Crippen molar-refractivity contribution >= 4 is 34.7 Å². The molecule has 3 aliphatic rings. The molecule has 1 N–H and O–H groups in total. The van der Waals surface area contributed by atoms with Crippen LogP contribution < -0.4 is 5.32 Å². The lowest BCUT2D eigenvalue weighted by atomic mass is 9.82. The third kappa shape index (κ3) is 6.27. The van der Waals surface area contributed by atoms with E-state index < -0.39 is 0 Å². The van der Waals surface area contributed by atoms with Gasteiger partial charge >= 0.3 is 0 Å². The number of carbonyl (C=O) groups is 2. The van der Waals surface area contributed by atoms with Gasteiger partial charge in [-0.3, -0.25) is 9.59 Å². The Kier molecular flexibility index (Phi) is 8.43. The van der Waals surface area contributed by atoms with Crippen molar-refractivity contribution in [3.63, 3.8) is 0 Å². The highest BCUT2D eigenvalue weighted by Crippen LogP contribution is 2.32. The number of nitrogens with one attached hydrogen (secondary N) is 1. The molecule has 2 fully saturated rings. The van der Waals surface area contributed by atoms with Crippen molar-refractivity contribution in [3.05, 3.63) is 59.8 Å². The van der Waals surface area contributed by atoms with Crippen molar-refractivity contribution < 1.29 is 9.59 Å². The fourth-order valence-corrected chi connectivity index (χ4v) is 6.63. The molecule has 0 spiro atoms. The first-order valence-electron chi connectivity index (χ1n) is 15.5. The van der Waals surface area contributed by atoms with Gasteiger partial charge in [0.25, 0.3) is 5.91 Å². The van der Waals surface area contributed by atoms with E-state index in [-0.39, 0.29) is 29.7 Å². The predicted octanol–water partition coefficient (Wildman–Crippen LogP) is 4.58. The van der Waals surface area contributed by atoms with Crippen LogP contribution in [0.5, 0.6) is 0 Å². The molecule has 2 amide bonds. The van der Waals surface area contributed by atoms with E-state index in [1.165, 1.54) is 5.57 Å². The molecule has 0 bridgehead atoms. The lowest BCUT2D eigenvalue weighted by molar-refractivity contribution is -0.136. The first-order valence-corrected chi connectivity index (χ1v) is 15.5. The van der Waals surface area contributed by atoms with Crippen LogP contribution in [-0.2, 0) is 4.79 Å². The van der Waals surface area contributed by atoms with E-state index in [0.29, 0.717) is 24.6 Å². The van der Waals surface area contributed by atoms with Crippen LogP contribution >= 0.6 is 0 Å². The maximum absolute atomic E-state index is 13.1. The zero-order valence-electron chi connectivity index (χ0n) is 25.1. The topological polar surface area (TPSA) is 110 Å². The average molecular weight is 581 g/mol. The molecule has 0 radical (unpaired) electrons. The quantitative estimate of drug-likeness (QED) is 0.454. The Labute approximate surface area is 253 Å². The van der Waals surface area contributed by atoms with Gasteiger partial charge in [0.2, 0.25) is 11.9 Å². The number of likely N-dealkylation sites (tertiary alicyclic amines) is 1. The van der Waals surface area contributed by atoms with Crippen molar-refractivity contribution in [2.75, 3.05) is 45.6 Å². The van der Waals surface area contributed by atoms with Crippen molar-refractivity contribution in [1.82, 2.24) is 29.3 Å². The van der Waals surface area contributed by atoms with Gasteiger partial charge in [0.05, 0.1) is 6.07 Å². The molecule has 43 heavy (non-hydrogen) atoms. The van der Waals surface area contributed by atoms with Gasteiger partial charge in [-0.25, -0.2) is 4.52 Å². The van der Waals surface area contributed by atoms with Gasteiger partial charge in [0.1, 0.15) is 0 Å². The Morgan fingerprint density at radius 3 is 2.44 bits per heavy atom. The van der Waals surface area contributed by atoms with E-state index in [4.69, 9.17) is 10.2 Å². The summed E-state index contributed by atoms with van der Waals surface area (Å²) in [6.07, 6.45) is 10.1. The third-order valence-corrected chi connectivity index (χ3v) is 9.43. The minimum Gasteiger partial charge on any atom is -0.339 e. The number of anilines is 2. The molecule has 1 saturated carbocycles. The Morgan fingerprint density at radius 2 is 1.77 bits per heavy atom. The van der Waals surface area contributed by atoms with E-state index in [2.05, 4.69) is 40.6 Å². The number of hydrogen-bond donors (Lipinski definition) is 1. The van der Waals surface area contributed by atoms with E-state index in [1.54, 1.807) is 4.52 Å². The summed E-state index contributed by atoms with van der Waals surface area (Å²) in [6, 6.07) is 14.1. The highest BCUT2D eigenvalue weighted by atomic mass is 16.2. The number of rotatable bonds is 6. The molecule has 4 heterocycles. The van der Waals surface area contributed by atoms with Crippen molar-refractivity contribution in [2.24, 2.45) is 11.8 Å². The van der Waals surface area contributed by atoms with Crippen LogP contribution in [0.25, 0.3) is 11.2 Å². The normalized spacial score (nSPS) is 21.7. The van der Waals surface area contributed by atoms with Crippen LogP contribution in [-0.4, -0.2) is 87.4 Å². The first kappa shape index (κ1) is 28.9. The number of fused-ring (bicyclic) bond motifs is 1. The number of pyridine rings is 1. The fourth-order valence-electron chi connectivity index (χ4n) is 6.63. The lowest BCUT2D eigenvalue weighted by Gasteiger charge is -2.35. The van der Waals surface area contributed by atoms with E-state index in [1.807, 2.05) is 53.4 Å². The molecular formula is C33H40N8O2. The molecular weight excluding hydrogens is 540 g/mol. The molecule has 1 saturated heterocycles. The summed E-state index contributed by atoms with van der Waals surface area (Å²) >= 11 is 0. The number of aromatic nitrogens is 3. The molecule has 224 valence electrons. The maximum Gasteiger partial charge on any atom is 0.253 e. The second-order valence-corrected chi connectivity index (χ2v) is 12.2. The van der Waals surface area contributed by atoms with Gasteiger partial charge in [0, 0.05) is 61.0 Å². The van der Waals surface area contributed by atoms with Gasteiger partial charge in [-0.05, 0) is 107 Å². The summed E-state index contributed by atoms with van der Waals surface area (Å²) in [6.45, 7) is 3.30. The molecule has 2 aromatic heterocycles. The minimum atomic E-state index is 0.0420. The highest BCUT2D eigenvalue weighted by Gasteiger charge is 2.30. The van der Waals surface area contributed by atoms with Gasteiger partial charge in [-0.1, -0.05) is 6.08 Å². The number of carbonyl (C=O) groups excluding carboxylic acids is 2. The smallest absolute Gasteiger partial charge is 0.253 e. The number of hydrogen-bond acceptors (Lipinski definition) is 7. The van der Waals surface area contributed by atoms with Crippen molar-refractivity contribution in [3.8, 4) is 6.07 Å². The van der Waals surface area contributed by atoms with Crippen LogP contribution in [0, 0.1) is 23.2 Å². The van der Waals surface area contributed by atoms with Gasteiger partial charge in [-0.15, -0.1) is 5.10 Å². The van der Waals surface area contributed by atoms with Crippen LogP contribution in [0.3, 0.4) is 0 Å². The highest BCUT2D eigenvalue weighted by molar-refractivity contribution is 5.94. The number of piperidine rings is 1. The molecule has 0 unspecified atom stereocenters. The van der Waals surface area contributed by atoms with Crippen LogP contribution in [0.2, 0.25) is 0 Å². The Morgan fingerprint density at radius 1 is 1.02 bits per heavy atom. The number of nitrogens with zero attached hydrogens (tertiary/aromatic N) is 7. The molecule has 3 aromatic rings. The molecule has 1 aliphatic carbocycles. The zero-order valence-corrected chi connectivity index (χ0v) is 25.1. The summed E-state index contributed by atoms with van der Waals surface area (Å²) in [5.41, 5.74) is 4.42.